The molecule has 0 spiro atoms. The van der Waals surface area contributed by atoms with Gasteiger partial charge in [-0.25, -0.2) is 4.39 Å². The number of alkyl halides is 3. The van der Waals surface area contributed by atoms with Crippen molar-refractivity contribution >= 4 is 22.7 Å². The third-order valence-corrected chi connectivity index (χ3v) is 6.81. The van der Waals surface area contributed by atoms with E-state index in [1.165, 1.54) is 48.0 Å². The van der Waals surface area contributed by atoms with E-state index in [0.717, 1.165) is 15.8 Å². The molecule has 0 saturated heterocycles. The molecule has 0 aliphatic rings. The van der Waals surface area contributed by atoms with Gasteiger partial charge in [0, 0.05) is 25.1 Å². The molecule has 0 unspecified atom stereocenters. The van der Waals surface area contributed by atoms with Crippen LogP contribution in [-0.4, -0.2) is 7.11 Å². The molecule has 4 rings (SSSR count). The zero-order chi connectivity index (χ0) is 20.6. The van der Waals surface area contributed by atoms with E-state index in [1.54, 1.807) is 36.4 Å². The number of hydrogen-bond acceptors (Lipinski definition) is 3. The van der Waals surface area contributed by atoms with Crippen molar-refractivity contribution < 1.29 is 22.3 Å². The summed E-state index contributed by atoms with van der Waals surface area (Å²) in [7, 11) is 1.48. The van der Waals surface area contributed by atoms with Gasteiger partial charge in [0.05, 0.1) is 18.2 Å². The monoisotopic (exact) mass is 434 g/mol. The molecule has 0 radical (unpaired) electrons. The molecule has 0 N–H and O–H groups in total. The third-order valence-electron chi connectivity index (χ3n) is 4.39. The standard InChI is InChI=1S/C22H14F4OS2/c1-27-16-8-4-7-15(23)21(16)20-12-11-19(29-20)18-10-9-17(28-18)13-5-2-3-6-14(13)22(24,25)26/h2-12H,1H3. The highest BCUT2D eigenvalue weighted by molar-refractivity contribution is 7.25. The van der Waals surface area contributed by atoms with E-state index in [2.05, 4.69) is 0 Å². The van der Waals surface area contributed by atoms with Gasteiger partial charge in [-0.1, -0.05) is 24.3 Å². The number of rotatable bonds is 4. The second kappa shape index (κ2) is 7.65. The van der Waals surface area contributed by atoms with Crippen molar-refractivity contribution in [3.05, 3.63) is 78.1 Å². The van der Waals surface area contributed by atoms with Gasteiger partial charge in [0.1, 0.15) is 11.6 Å². The van der Waals surface area contributed by atoms with E-state index < -0.39 is 11.7 Å². The summed E-state index contributed by atoms with van der Waals surface area (Å²) < 4.78 is 59.6. The van der Waals surface area contributed by atoms with Gasteiger partial charge in [0.15, 0.2) is 0 Å². The average molecular weight is 434 g/mol. The lowest BCUT2D eigenvalue weighted by atomic mass is 10.1. The van der Waals surface area contributed by atoms with Crippen LogP contribution in [0.5, 0.6) is 5.75 Å². The van der Waals surface area contributed by atoms with E-state index in [-0.39, 0.29) is 11.4 Å². The Morgan fingerprint density at radius 1 is 0.724 bits per heavy atom. The number of benzene rings is 2. The van der Waals surface area contributed by atoms with Crippen LogP contribution in [0.1, 0.15) is 5.56 Å². The molecular formula is C22H14F4OS2. The van der Waals surface area contributed by atoms with Gasteiger partial charge >= 0.3 is 6.18 Å². The quantitative estimate of drug-likeness (QED) is 0.296. The molecule has 1 nitrogen and oxygen atoms in total. The van der Waals surface area contributed by atoms with E-state index in [4.69, 9.17) is 4.74 Å². The summed E-state index contributed by atoms with van der Waals surface area (Å²) in [6.45, 7) is 0. The fourth-order valence-corrected chi connectivity index (χ4v) is 5.27. The van der Waals surface area contributed by atoms with Gasteiger partial charge in [-0.05, 0) is 42.5 Å². The SMILES string of the molecule is COc1cccc(F)c1-c1ccc(-c2ccc(-c3ccccc3C(F)(F)F)s2)s1. The van der Waals surface area contributed by atoms with E-state index in [0.29, 0.717) is 21.1 Å². The van der Waals surface area contributed by atoms with Crippen LogP contribution in [0.25, 0.3) is 30.6 Å². The second-order valence-electron chi connectivity index (χ2n) is 6.19. The number of methoxy groups -OCH3 is 1. The Balaban J connectivity index is 1.72. The van der Waals surface area contributed by atoms with Crippen LogP contribution < -0.4 is 4.74 Å². The lowest BCUT2D eigenvalue weighted by Crippen LogP contribution is -2.06. The Kier molecular flexibility index (Phi) is 5.19. The predicted molar refractivity (Wildman–Crippen MR) is 110 cm³/mol. The van der Waals surface area contributed by atoms with E-state index in [9.17, 15) is 17.6 Å². The van der Waals surface area contributed by atoms with Crippen molar-refractivity contribution in [2.45, 2.75) is 6.18 Å². The minimum atomic E-state index is -4.42. The molecule has 4 aromatic rings. The van der Waals surface area contributed by atoms with E-state index >= 15 is 0 Å². The summed E-state index contributed by atoms with van der Waals surface area (Å²) in [4.78, 5) is 2.90. The summed E-state index contributed by atoms with van der Waals surface area (Å²) in [5.41, 5.74) is -0.120. The van der Waals surface area contributed by atoms with Gasteiger partial charge in [-0.15, -0.1) is 22.7 Å². The van der Waals surface area contributed by atoms with Crippen LogP contribution >= 0.6 is 22.7 Å². The molecule has 0 aliphatic carbocycles. The molecule has 2 aromatic heterocycles. The highest BCUT2D eigenvalue weighted by Crippen LogP contribution is 2.45. The molecule has 2 heterocycles. The molecular weight excluding hydrogens is 420 g/mol. The van der Waals surface area contributed by atoms with Crippen LogP contribution in [0.3, 0.4) is 0 Å². The van der Waals surface area contributed by atoms with Gasteiger partial charge in [-0.3, -0.25) is 0 Å². The van der Waals surface area contributed by atoms with Crippen molar-refractivity contribution in [1.82, 2.24) is 0 Å². The van der Waals surface area contributed by atoms with Crippen molar-refractivity contribution in [2.75, 3.05) is 7.11 Å². The van der Waals surface area contributed by atoms with Gasteiger partial charge in [-0.2, -0.15) is 13.2 Å². The minimum Gasteiger partial charge on any atom is -0.496 e. The van der Waals surface area contributed by atoms with Gasteiger partial charge < -0.3 is 4.74 Å². The molecule has 2 aromatic carbocycles. The lowest BCUT2D eigenvalue weighted by Gasteiger charge is -2.11. The highest BCUT2D eigenvalue weighted by atomic mass is 32.1. The lowest BCUT2D eigenvalue weighted by molar-refractivity contribution is -0.137. The Hall–Kier alpha value is -2.64. The number of halogens is 4. The third kappa shape index (κ3) is 3.80. The summed E-state index contributed by atoms with van der Waals surface area (Å²) in [5, 5.41) is 0. The molecule has 0 amide bonds. The molecule has 148 valence electrons. The number of ether oxygens (including phenoxy) is 1. The molecule has 0 bridgehead atoms. The van der Waals surface area contributed by atoms with E-state index in [1.807, 2.05) is 6.07 Å². The summed E-state index contributed by atoms with van der Waals surface area (Å²) in [5.74, 6) is 0.0492. The van der Waals surface area contributed by atoms with Crippen LogP contribution in [0.4, 0.5) is 17.6 Å². The summed E-state index contributed by atoms with van der Waals surface area (Å²) in [6.07, 6.45) is -4.42. The fraction of sp³-hybridized carbons (Fsp3) is 0.0909. The number of hydrogen-bond donors (Lipinski definition) is 0. The molecule has 7 heteroatoms. The first kappa shape index (κ1) is 19.7. The van der Waals surface area contributed by atoms with Crippen LogP contribution in [-0.2, 0) is 6.18 Å². The highest BCUT2D eigenvalue weighted by Gasteiger charge is 2.33. The summed E-state index contributed by atoms with van der Waals surface area (Å²) >= 11 is 2.65. The zero-order valence-corrected chi connectivity index (χ0v) is 16.7. The van der Waals surface area contributed by atoms with Crippen molar-refractivity contribution in [2.24, 2.45) is 0 Å². The largest absolute Gasteiger partial charge is 0.496 e. The maximum Gasteiger partial charge on any atom is 0.417 e. The molecule has 0 saturated carbocycles. The zero-order valence-electron chi connectivity index (χ0n) is 15.1. The molecule has 0 fully saturated rings. The van der Waals surface area contributed by atoms with Crippen molar-refractivity contribution in [1.29, 1.82) is 0 Å². The Morgan fingerprint density at radius 2 is 1.34 bits per heavy atom. The summed E-state index contributed by atoms with van der Waals surface area (Å²) in [6, 6.07) is 17.3. The van der Waals surface area contributed by atoms with Gasteiger partial charge in [0.25, 0.3) is 0 Å². The van der Waals surface area contributed by atoms with Crippen molar-refractivity contribution in [3.63, 3.8) is 0 Å². The normalized spacial score (nSPS) is 11.6. The Bertz CT molecular complexity index is 1160. The smallest absolute Gasteiger partial charge is 0.417 e. The van der Waals surface area contributed by atoms with Crippen LogP contribution in [0.15, 0.2) is 66.7 Å². The minimum absolute atomic E-state index is 0.156. The Labute approximate surface area is 172 Å². The molecule has 0 atom stereocenters. The average Bonchev–Trinajstić information content (AvgIpc) is 3.36. The van der Waals surface area contributed by atoms with Crippen molar-refractivity contribution in [3.8, 4) is 36.4 Å². The first-order chi connectivity index (χ1) is 13.9. The maximum atomic E-state index is 14.3. The fourth-order valence-electron chi connectivity index (χ4n) is 3.08. The van der Waals surface area contributed by atoms with Crippen LogP contribution in [0, 0.1) is 5.82 Å². The second-order valence-corrected chi connectivity index (χ2v) is 8.36. The number of thiophene rings is 2. The first-order valence-corrected chi connectivity index (χ1v) is 10.2. The topological polar surface area (TPSA) is 9.23 Å². The predicted octanol–water partition coefficient (Wildman–Crippen LogP) is 7.98. The molecule has 29 heavy (non-hydrogen) atoms. The van der Waals surface area contributed by atoms with Crippen LogP contribution in [0.2, 0.25) is 0 Å². The molecule has 0 aliphatic heterocycles. The van der Waals surface area contributed by atoms with Gasteiger partial charge in [0.2, 0.25) is 0 Å². The first-order valence-electron chi connectivity index (χ1n) is 8.58. The Morgan fingerprint density at radius 3 is 2.03 bits per heavy atom. The maximum absolute atomic E-state index is 14.3.